The largest absolute Gasteiger partial charge is 0.444 e. The maximum absolute atomic E-state index is 12.4. The van der Waals surface area contributed by atoms with E-state index in [1.165, 1.54) is 18.4 Å². The van der Waals surface area contributed by atoms with E-state index >= 15 is 0 Å². The third kappa shape index (κ3) is 7.68. The molecule has 8 nitrogen and oxygen atoms in total. The van der Waals surface area contributed by atoms with Crippen LogP contribution in [0.3, 0.4) is 0 Å². The van der Waals surface area contributed by atoms with Gasteiger partial charge in [0.05, 0.1) is 16.9 Å². The summed E-state index contributed by atoms with van der Waals surface area (Å²) in [7, 11) is 0. The summed E-state index contributed by atoms with van der Waals surface area (Å²) in [6.45, 7) is 11.7. The number of hydrogen-bond acceptors (Lipinski definition) is 7. The number of amides is 1. The number of benzene rings is 1. The van der Waals surface area contributed by atoms with Crippen LogP contribution in [-0.2, 0) is 24.1 Å². The number of aromatic nitrogens is 3. The van der Waals surface area contributed by atoms with Crippen molar-refractivity contribution in [2.24, 2.45) is 5.92 Å². The Morgan fingerprint density at radius 1 is 1.17 bits per heavy atom. The van der Waals surface area contributed by atoms with Gasteiger partial charge in [-0.25, -0.2) is 4.79 Å². The SMILES string of the molecule is CC(c1ccnc(CC(=S)Cc2ccc(-c3cnn(CC4CC4)c3)c(Cl)c2N)c1)N1CCN(C(=O)OC(C)(C)C)CC1. The lowest BCUT2D eigenvalue weighted by molar-refractivity contribution is 0.0110. The predicted octanol–water partition coefficient (Wildman–Crippen LogP) is 6.36. The van der Waals surface area contributed by atoms with Crippen molar-refractivity contribution in [3.63, 3.8) is 0 Å². The van der Waals surface area contributed by atoms with Crippen molar-refractivity contribution in [3.05, 3.63) is 64.7 Å². The Bertz CT molecular complexity index is 1440. The van der Waals surface area contributed by atoms with Crippen molar-refractivity contribution in [1.82, 2.24) is 24.6 Å². The fraction of sp³-hybridized carbons (Fsp3) is 0.500. The molecule has 0 spiro atoms. The van der Waals surface area contributed by atoms with Crippen molar-refractivity contribution >= 4 is 40.5 Å². The lowest BCUT2D eigenvalue weighted by Crippen LogP contribution is -2.50. The van der Waals surface area contributed by atoms with E-state index in [0.717, 1.165) is 52.8 Å². The Morgan fingerprint density at radius 3 is 2.60 bits per heavy atom. The highest BCUT2D eigenvalue weighted by molar-refractivity contribution is 7.80. The second kappa shape index (κ2) is 12.7. The van der Waals surface area contributed by atoms with Crippen LogP contribution in [0.15, 0.2) is 42.9 Å². The van der Waals surface area contributed by atoms with Crippen LogP contribution in [0.4, 0.5) is 10.5 Å². The summed E-state index contributed by atoms with van der Waals surface area (Å²) in [6, 6.07) is 8.41. The standard InChI is InChI=1S/C32H41ClN6O2S/c1-21(37-11-13-38(14-12-37)31(40)41-32(2,3)4)23-9-10-35-26(15-23)17-27(42)16-24-7-8-28(29(33)30(24)34)25-18-36-39(20-25)19-22-5-6-22/h7-10,15,18,20-22H,5-6,11-14,16-17,19,34H2,1-4H3. The van der Waals surface area contributed by atoms with Crippen molar-refractivity contribution in [1.29, 1.82) is 0 Å². The van der Waals surface area contributed by atoms with Crippen LogP contribution < -0.4 is 5.73 Å². The molecule has 1 aliphatic heterocycles. The monoisotopic (exact) mass is 608 g/mol. The predicted molar refractivity (Wildman–Crippen MR) is 172 cm³/mol. The number of nitrogens with zero attached hydrogens (tertiary/aromatic N) is 5. The number of ether oxygens (including phenoxy) is 1. The van der Waals surface area contributed by atoms with Crippen LogP contribution >= 0.6 is 23.8 Å². The van der Waals surface area contributed by atoms with E-state index in [2.05, 4.69) is 34.0 Å². The first-order valence-corrected chi connectivity index (χ1v) is 15.5. The minimum absolute atomic E-state index is 0.191. The summed E-state index contributed by atoms with van der Waals surface area (Å²) in [5.74, 6) is 0.751. The molecule has 5 rings (SSSR count). The number of hydrogen-bond donors (Lipinski definition) is 1. The van der Waals surface area contributed by atoms with Gasteiger partial charge in [-0.05, 0) is 69.7 Å². The first-order valence-electron chi connectivity index (χ1n) is 14.7. The van der Waals surface area contributed by atoms with Gasteiger partial charge in [0.15, 0.2) is 0 Å². The fourth-order valence-corrected chi connectivity index (χ4v) is 5.93. The molecule has 1 amide bonds. The van der Waals surface area contributed by atoms with Crippen LogP contribution in [-0.4, -0.2) is 67.3 Å². The molecule has 2 aromatic heterocycles. The van der Waals surface area contributed by atoms with Gasteiger partial charge < -0.3 is 15.4 Å². The number of pyridine rings is 1. The zero-order valence-corrected chi connectivity index (χ0v) is 26.5. The average molecular weight is 609 g/mol. The molecule has 2 fully saturated rings. The molecular formula is C32H41ClN6O2S. The maximum atomic E-state index is 12.4. The lowest BCUT2D eigenvalue weighted by atomic mass is 9.99. The van der Waals surface area contributed by atoms with Gasteiger partial charge >= 0.3 is 6.09 Å². The molecular weight excluding hydrogens is 568 g/mol. The number of nitrogens with two attached hydrogens (primary N) is 1. The van der Waals surface area contributed by atoms with Crippen LogP contribution in [0.2, 0.25) is 5.02 Å². The van der Waals surface area contributed by atoms with Crippen molar-refractivity contribution in [2.45, 2.75) is 71.6 Å². The first-order chi connectivity index (χ1) is 20.0. The summed E-state index contributed by atoms with van der Waals surface area (Å²) < 4.78 is 7.53. The van der Waals surface area contributed by atoms with E-state index in [-0.39, 0.29) is 12.1 Å². The summed E-state index contributed by atoms with van der Waals surface area (Å²) in [5.41, 5.74) is 11.5. The van der Waals surface area contributed by atoms with Crippen LogP contribution in [0.25, 0.3) is 11.1 Å². The second-order valence-electron chi connectivity index (χ2n) is 12.5. The van der Waals surface area contributed by atoms with Crippen LogP contribution in [0, 0.1) is 5.92 Å². The Hall–Kier alpha value is -3.01. The molecule has 10 heteroatoms. The number of thiocarbonyl (C=S) groups is 1. The minimum Gasteiger partial charge on any atom is -0.444 e. The second-order valence-corrected chi connectivity index (χ2v) is 13.5. The summed E-state index contributed by atoms with van der Waals surface area (Å²) in [6.07, 6.45) is 9.20. The smallest absolute Gasteiger partial charge is 0.410 e. The number of halogens is 1. The molecule has 2 aliphatic rings. The highest BCUT2D eigenvalue weighted by Crippen LogP contribution is 2.36. The quantitative estimate of drug-likeness (QED) is 0.223. The highest BCUT2D eigenvalue weighted by atomic mass is 35.5. The van der Waals surface area contributed by atoms with Crippen molar-refractivity contribution < 1.29 is 9.53 Å². The molecule has 0 radical (unpaired) electrons. The number of anilines is 1. The van der Waals surface area contributed by atoms with Gasteiger partial charge in [-0.2, -0.15) is 5.10 Å². The molecule has 3 aromatic rings. The number of nitrogen functional groups attached to an aromatic ring is 1. The molecule has 1 atom stereocenters. The Morgan fingerprint density at radius 2 is 1.90 bits per heavy atom. The first kappa shape index (κ1) is 30.4. The molecule has 0 bridgehead atoms. The van der Waals surface area contributed by atoms with E-state index in [9.17, 15) is 4.79 Å². The molecule has 224 valence electrons. The summed E-state index contributed by atoms with van der Waals surface area (Å²) in [4.78, 5) is 22.1. The van der Waals surface area contributed by atoms with Gasteiger partial charge in [0.2, 0.25) is 0 Å². The van der Waals surface area contributed by atoms with Gasteiger partial charge in [-0.15, -0.1) is 0 Å². The molecule has 1 saturated carbocycles. The van der Waals surface area contributed by atoms with Crippen molar-refractivity contribution in [2.75, 3.05) is 31.9 Å². The Labute approximate surface area is 259 Å². The molecule has 1 aliphatic carbocycles. The van der Waals surface area contributed by atoms with E-state index < -0.39 is 5.60 Å². The van der Waals surface area contributed by atoms with E-state index in [4.69, 9.17) is 34.3 Å². The third-order valence-electron chi connectivity index (χ3n) is 7.96. The van der Waals surface area contributed by atoms with Gasteiger partial charge in [-0.1, -0.05) is 36.0 Å². The van der Waals surface area contributed by atoms with Gasteiger partial charge in [-0.3, -0.25) is 14.6 Å². The molecule has 1 unspecified atom stereocenters. The molecule has 1 saturated heterocycles. The summed E-state index contributed by atoms with van der Waals surface area (Å²) >= 11 is 12.5. The topological polar surface area (TPSA) is 89.5 Å². The van der Waals surface area contributed by atoms with E-state index in [1.54, 1.807) is 4.90 Å². The maximum Gasteiger partial charge on any atom is 0.410 e. The third-order valence-corrected chi connectivity index (χ3v) is 8.65. The zero-order valence-electron chi connectivity index (χ0n) is 25.0. The highest BCUT2D eigenvalue weighted by Gasteiger charge is 2.28. The molecule has 42 heavy (non-hydrogen) atoms. The van der Waals surface area contributed by atoms with Gasteiger partial charge in [0, 0.05) is 85.7 Å². The molecule has 1 aromatic carbocycles. The Balaban J connectivity index is 1.17. The van der Waals surface area contributed by atoms with Crippen LogP contribution in [0.5, 0.6) is 0 Å². The molecule has 2 N–H and O–H groups in total. The molecule has 3 heterocycles. The average Bonchev–Trinajstić information content (AvgIpc) is 3.64. The number of piperazine rings is 1. The summed E-state index contributed by atoms with van der Waals surface area (Å²) in [5, 5.41) is 5.04. The van der Waals surface area contributed by atoms with Gasteiger partial charge in [0.25, 0.3) is 0 Å². The number of rotatable bonds is 9. The fourth-order valence-electron chi connectivity index (χ4n) is 5.34. The van der Waals surface area contributed by atoms with Gasteiger partial charge in [0.1, 0.15) is 5.60 Å². The normalized spacial score (nSPS) is 16.8. The number of carbonyl (C=O) groups excluding carboxylic acids is 1. The lowest BCUT2D eigenvalue weighted by Gasteiger charge is -2.38. The minimum atomic E-state index is -0.489. The van der Waals surface area contributed by atoms with E-state index in [0.29, 0.717) is 36.6 Å². The van der Waals surface area contributed by atoms with Crippen LogP contribution in [0.1, 0.15) is 63.4 Å². The van der Waals surface area contributed by atoms with Crippen molar-refractivity contribution in [3.8, 4) is 11.1 Å². The zero-order chi connectivity index (χ0) is 30.0. The van der Waals surface area contributed by atoms with E-state index in [1.807, 2.05) is 56.2 Å². The number of carbonyl (C=O) groups is 1. The Kier molecular flexibility index (Phi) is 9.20.